The summed E-state index contributed by atoms with van der Waals surface area (Å²) in [7, 11) is 0. The number of rotatable bonds is 3. The van der Waals surface area contributed by atoms with Gasteiger partial charge in [-0.1, -0.05) is 57.2 Å². The number of anilines is 3. The summed E-state index contributed by atoms with van der Waals surface area (Å²) in [5, 5.41) is 0. The Morgan fingerprint density at radius 3 is 2.33 bits per heavy atom. The molecule has 258 valence electrons. The zero-order valence-electron chi connectivity index (χ0n) is 34.1. The molecule has 10 rings (SSSR count). The Labute approximate surface area is 323 Å². The fourth-order valence-electron chi connectivity index (χ4n) is 6.89. The van der Waals surface area contributed by atoms with Crippen LogP contribution in [0.1, 0.15) is 45.7 Å². The maximum Gasteiger partial charge on any atom is 0.225 e. The van der Waals surface area contributed by atoms with Crippen LogP contribution in [0.3, 0.4) is 0 Å². The quantitative estimate of drug-likeness (QED) is 0.164. The number of pyridine rings is 2. The maximum atomic E-state index is 8.21. The van der Waals surface area contributed by atoms with Crippen LogP contribution in [0, 0.1) is 19.8 Å². The average molecular weight is 868 g/mol. The molecule has 4 aromatic carbocycles. The first-order chi connectivity index (χ1) is 27.1. The normalized spacial score (nSPS) is 15.0. The third-order valence-electron chi connectivity index (χ3n) is 9.42. The number of fused-ring (bicyclic) bond motifs is 7. The Bertz CT molecular complexity index is 2920. The van der Waals surface area contributed by atoms with E-state index in [9.17, 15) is 0 Å². The van der Waals surface area contributed by atoms with Gasteiger partial charge in [0, 0.05) is 41.2 Å². The first-order valence-corrected chi connectivity index (χ1v) is 16.5. The van der Waals surface area contributed by atoms with Gasteiger partial charge in [-0.3, -0.25) is 9.30 Å². The number of hydrogen-bond donors (Lipinski definition) is 0. The van der Waals surface area contributed by atoms with Crippen molar-refractivity contribution in [3.05, 3.63) is 126 Å². The average Bonchev–Trinajstić information content (AvgIpc) is 3.75. The van der Waals surface area contributed by atoms with Crippen molar-refractivity contribution in [3.63, 3.8) is 0 Å². The van der Waals surface area contributed by atoms with E-state index in [1.165, 1.54) is 24.4 Å². The largest absolute Gasteiger partial charge is 0.497 e. The van der Waals surface area contributed by atoms with Crippen molar-refractivity contribution in [2.45, 2.75) is 39.9 Å². The maximum absolute atomic E-state index is 8.21. The molecule has 8 nitrogen and oxygen atoms in total. The molecule has 2 aliphatic rings. The van der Waals surface area contributed by atoms with Crippen LogP contribution >= 0.6 is 0 Å². The molecule has 0 aliphatic carbocycles. The van der Waals surface area contributed by atoms with Gasteiger partial charge in [-0.2, -0.15) is 0 Å². The van der Waals surface area contributed by atoms with Crippen molar-refractivity contribution < 1.29 is 43.2 Å². The van der Waals surface area contributed by atoms with E-state index in [2.05, 4.69) is 44.0 Å². The number of nitrogens with zero attached hydrogens (tertiary/aromatic N) is 5. The Hall–Kier alpha value is -5.72. The molecule has 2 aliphatic heterocycles. The molecule has 4 aromatic heterocycles. The van der Waals surface area contributed by atoms with Crippen LogP contribution in [0.15, 0.2) is 108 Å². The van der Waals surface area contributed by atoms with E-state index >= 15 is 0 Å². The van der Waals surface area contributed by atoms with E-state index in [1.807, 2.05) is 57.8 Å². The minimum Gasteiger partial charge on any atom is -0.497 e. The first kappa shape index (κ1) is 26.1. The number of benzene rings is 4. The Balaban J connectivity index is 0.00000436. The van der Waals surface area contributed by atoms with E-state index in [-0.39, 0.29) is 43.2 Å². The SMILES string of the molecule is [2H]C([2H])([2H])c1cccc(C([2H])([2H])[2H])c1-c1ccnc(-c2[c-]c3c(cc2)Oc2cccc4c2N3c2nc(-c3ncc5oc6cc(C(C)(C)C)ccc6n35)ccc2O4)c1.[Pt]. The van der Waals surface area contributed by atoms with Gasteiger partial charge in [0.15, 0.2) is 28.7 Å². The molecule has 0 bridgehead atoms. The molecule has 52 heavy (non-hydrogen) atoms. The summed E-state index contributed by atoms with van der Waals surface area (Å²) < 4.78 is 70.3. The predicted octanol–water partition coefficient (Wildman–Crippen LogP) is 11.3. The van der Waals surface area contributed by atoms with Crippen LogP contribution in [0.4, 0.5) is 17.2 Å². The van der Waals surface area contributed by atoms with E-state index in [4.69, 9.17) is 32.1 Å². The van der Waals surface area contributed by atoms with Gasteiger partial charge in [0.25, 0.3) is 0 Å². The molecule has 0 fully saturated rings. The number of aryl methyl sites for hydroxylation is 2. The summed E-state index contributed by atoms with van der Waals surface area (Å²) in [6.07, 6.45) is 3.23. The number of oxazole rings is 1. The summed E-state index contributed by atoms with van der Waals surface area (Å²) in [5.74, 6) is 3.23. The summed E-state index contributed by atoms with van der Waals surface area (Å²) in [4.78, 5) is 16.5. The van der Waals surface area contributed by atoms with E-state index in [1.54, 1.807) is 18.3 Å². The molecule has 0 atom stereocenters. The van der Waals surface area contributed by atoms with Crippen LogP contribution in [0.2, 0.25) is 0 Å². The standard InChI is InChI=1S/C43H32N5O3.Pt/c1-24-8-6-9-25(2)39(24)27-18-19-44-30(20-27)26-12-16-33-32(21-26)48-40-34(49-33)10-7-11-35(40)50-36-17-14-29(46-42(36)48)41-45-23-38-47(41)31-15-13-28(43(3,4)5)22-37(31)51-38;/h6-20,22-23H,1-5H3;/q-1;/i1D3,2D3;. The number of ether oxygens (including phenoxy) is 2. The van der Waals surface area contributed by atoms with E-state index in [0.29, 0.717) is 74.2 Å². The minimum atomic E-state index is -2.56. The number of imidazole rings is 1. The fourth-order valence-corrected chi connectivity index (χ4v) is 6.89. The van der Waals surface area contributed by atoms with Crippen molar-refractivity contribution in [1.82, 2.24) is 19.4 Å². The summed E-state index contributed by atoms with van der Waals surface area (Å²) in [6, 6.07) is 30.3. The summed E-state index contributed by atoms with van der Waals surface area (Å²) in [5.41, 5.74) is 6.50. The topological polar surface area (TPSA) is 77.9 Å². The second-order valence-electron chi connectivity index (χ2n) is 13.7. The fraction of sp³-hybridized carbons (Fsp3) is 0.140. The zero-order chi connectivity index (χ0) is 39.6. The molecule has 8 aromatic rings. The van der Waals surface area contributed by atoms with Crippen LogP contribution in [-0.2, 0) is 26.5 Å². The van der Waals surface area contributed by atoms with Crippen molar-refractivity contribution in [2.75, 3.05) is 4.90 Å². The molecule has 6 heterocycles. The van der Waals surface area contributed by atoms with Gasteiger partial charge in [0.2, 0.25) is 5.71 Å². The molecule has 9 heteroatoms. The summed E-state index contributed by atoms with van der Waals surface area (Å²) >= 11 is 0. The molecule has 0 saturated heterocycles. The van der Waals surface area contributed by atoms with Crippen molar-refractivity contribution in [3.8, 4) is 56.9 Å². The van der Waals surface area contributed by atoms with Gasteiger partial charge in [-0.15, -0.1) is 23.8 Å². The smallest absolute Gasteiger partial charge is 0.225 e. The summed E-state index contributed by atoms with van der Waals surface area (Å²) in [6.45, 7) is 1.38. The van der Waals surface area contributed by atoms with Crippen molar-refractivity contribution in [2.24, 2.45) is 0 Å². The van der Waals surface area contributed by atoms with Gasteiger partial charge in [0.05, 0.1) is 17.5 Å². The zero-order valence-corrected chi connectivity index (χ0v) is 30.4. The molecule has 0 unspecified atom stereocenters. The predicted molar refractivity (Wildman–Crippen MR) is 199 cm³/mol. The van der Waals surface area contributed by atoms with Crippen molar-refractivity contribution in [1.29, 1.82) is 0 Å². The Morgan fingerprint density at radius 2 is 1.54 bits per heavy atom. The molecule has 0 spiro atoms. The van der Waals surface area contributed by atoms with Gasteiger partial charge in [-0.25, -0.2) is 9.97 Å². The van der Waals surface area contributed by atoms with Crippen molar-refractivity contribution >= 4 is 34.0 Å². The van der Waals surface area contributed by atoms with Crippen LogP contribution in [-0.4, -0.2) is 19.4 Å². The van der Waals surface area contributed by atoms with Gasteiger partial charge in [0.1, 0.15) is 17.1 Å². The van der Waals surface area contributed by atoms with Gasteiger partial charge in [-0.05, 0) is 95.1 Å². The second kappa shape index (κ2) is 11.7. The minimum absolute atomic E-state index is 0. The van der Waals surface area contributed by atoms with E-state index < -0.39 is 13.7 Å². The monoisotopic (exact) mass is 867 g/mol. The Kier molecular flexibility index (Phi) is 5.85. The molecule has 0 saturated carbocycles. The third kappa shape index (κ3) is 4.89. The second-order valence-corrected chi connectivity index (χ2v) is 13.7. The van der Waals surface area contributed by atoms with Crippen LogP contribution in [0.25, 0.3) is 50.7 Å². The number of hydrogen-bond acceptors (Lipinski definition) is 7. The molecular weight excluding hydrogens is 830 g/mol. The van der Waals surface area contributed by atoms with Gasteiger partial charge >= 0.3 is 0 Å². The van der Waals surface area contributed by atoms with Crippen LogP contribution < -0.4 is 14.4 Å². The molecule has 0 radical (unpaired) electrons. The van der Waals surface area contributed by atoms with E-state index in [0.717, 1.165) is 16.7 Å². The third-order valence-corrected chi connectivity index (χ3v) is 9.42. The first-order valence-electron chi connectivity index (χ1n) is 19.5. The Morgan fingerprint density at radius 1 is 0.769 bits per heavy atom. The number of para-hydroxylation sites is 1. The molecular formula is C43H32N5O3Pt-. The number of aromatic nitrogens is 4. The van der Waals surface area contributed by atoms with Gasteiger partial charge < -0.3 is 18.9 Å². The molecule has 0 N–H and O–H groups in total. The van der Waals surface area contributed by atoms with Crippen LogP contribution in [0.5, 0.6) is 23.0 Å². The molecule has 0 amide bonds.